The Hall–Kier alpha value is -0.820. The molecule has 8 heteroatoms. The monoisotopic (exact) mass is 366 g/mol. The van der Waals surface area contributed by atoms with Gasteiger partial charge >= 0.3 is 0 Å². The van der Waals surface area contributed by atoms with Crippen molar-refractivity contribution in [2.24, 2.45) is 5.92 Å². The van der Waals surface area contributed by atoms with Crippen LogP contribution in [0.25, 0.3) is 0 Å². The van der Waals surface area contributed by atoms with Crippen LogP contribution < -0.4 is 5.32 Å². The van der Waals surface area contributed by atoms with E-state index in [4.69, 9.17) is 23.2 Å². The largest absolute Gasteiger partial charge is 0.324 e. The van der Waals surface area contributed by atoms with Crippen LogP contribution in [0.1, 0.15) is 20.3 Å². The number of nitrogens with zero attached hydrogens (tertiary/aromatic N) is 1. The molecule has 22 heavy (non-hydrogen) atoms. The molecule has 124 valence electrons. The molecule has 0 heterocycles. The first kappa shape index (κ1) is 19.2. The summed E-state index contributed by atoms with van der Waals surface area (Å²) in [6, 6.07) is 4.68. The van der Waals surface area contributed by atoms with E-state index >= 15 is 0 Å². The van der Waals surface area contributed by atoms with Gasteiger partial charge in [-0.05, 0) is 30.5 Å². The van der Waals surface area contributed by atoms with Crippen LogP contribution in [0.3, 0.4) is 0 Å². The molecule has 1 rings (SSSR count). The fourth-order valence-electron chi connectivity index (χ4n) is 1.71. The molecule has 0 atom stereocenters. The second kappa shape index (κ2) is 8.15. The zero-order valence-corrected chi connectivity index (χ0v) is 15.1. The van der Waals surface area contributed by atoms with Gasteiger partial charge in [-0.25, -0.2) is 8.42 Å². The lowest BCUT2D eigenvalue weighted by atomic mass is 10.1. The Kier molecular flexibility index (Phi) is 7.12. The van der Waals surface area contributed by atoms with Crippen LogP contribution in [-0.2, 0) is 14.8 Å². The summed E-state index contributed by atoms with van der Waals surface area (Å²) in [7, 11) is -3.45. The van der Waals surface area contributed by atoms with Crippen LogP contribution in [0, 0.1) is 5.92 Å². The third-order valence-electron chi connectivity index (χ3n) is 2.95. The molecule has 0 aliphatic carbocycles. The third-order valence-corrected chi connectivity index (χ3v) is 4.76. The molecule has 0 bridgehead atoms. The Bertz CT molecular complexity index is 633. The minimum atomic E-state index is -3.45. The van der Waals surface area contributed by atoms with E-state index in [-0.39, 0.29) is 6.54 Å². The highest BCUT2D eigenvalue weighted by Gasteiger charge is 2.20. The lowest BCUT2D eigenvalue weighted by Gasteiger charge is -2.20. The second-order valence-corrected chi connectivity index (χ2v) is 8.28. The molecule has 0 saturated carbocycles. The number of carbonyl (C=O) groups is 1. The number of anilines is 1. The molecule has 1 amide bonds. The molecule has 1 aromatic rings. The van der Waals surface area contributed by atoms with Crippen LogP contribution in [-0.4, -0.2) is 38.0 Å². The highest BCUT2D eigenvalue weighted by Crippen LogP contribution is 2.25. The molecule has 0 fully saturated rings. The maximum atomic E-state index is 12.1. The van der Waals surface area contributed by atoms with Crippen molar-refractivity contribution in [2.45, 2.75) is 20.3 Å². The molecular weight excluding hydrogens is 347 g/mol. The first-order valence-electron chi connectivity index (χ1n) is 6.79. The zero-order chi connectivity index (χ0) is 16.9. The fraction of sp³-hybridized carbons (Fsp3) is 0.500. The molecule has 0 radical (unpaired) electrons. The van der Waals surface area contributed by atoms with Gasteiger partial charge < -0.3 is 5.32 Å². The number of amides is 1. The van der Waals surface area contributed by atoms with E-state index in [0.29, 0.717) is 34.6 Å². The SMILES string of the molecule is CC(C)CCN(CC(=O)Nc1cc(Cl)ccc1Cl)S(C)(=O)=O. The molecule has 0 saturated heterocycles. The van der Waals surface area contributed by atoms with Crippen LogP contribution in [0.15, 0.2) is 18.2 Å². The lowest BCUT2D eigenvalue weighted by Crippen LogP contribution is -2.38. The summed E-state index contributed by atoms with van der Waals surface area (Å²) in [5.74, 6) is -0.118. The van der Waals surface area contributed by atoms with E-state index in [1.165, 1.54) is 6.07 Å². The quantitative estimate of drug-likeness (QED) is 0.805. The van der Waals surface area contributed by atoms with Crippen molar-refractivity contribution in [1.82, 2.24) is 4.31 Å². The van der Waals surface area contributed by atoms with Gasteiger partial charge in [0.05, 0.1) is 23.5 Å². The zero-order valence-electron chi connectivity index (χ0n) is 12.8. The predicted molar refractivity (Wildman–Crippen MR) is 91.0 cm³/mol. The van der Waals surface area contributed by atoms with Crippen LogP contribution >= 0.6 is 23.2 Å². The van der Waals surface area contributed by atoms with Crippen LogP contribution in [0.5, 0.6) is 0 Å². The van der Waals surface area contributed by atoms with Crippen molar-refractivity contribution in [3.8, 4) is 0 Å². The Balaban J connectivity index is 2.77. The highest BCUT2D eigenvalue weighted by molar-refractivity contribution is 7.88. The number of sulfonamides is 1. The summed E-state index contributed by atoms with van der Waals surface area (Å²) in [6.07, 6.45) is 1.77. The van der Waals surface area contributed by atoms with Gasteiger partial charge in [0.2, 0.25) is 15.9 Å². The van der Waals surface area contributed by atoms with Gasteiger partial charge in [-0.2, -0.15) is 4.31 Å². The Morgan fingerprint density at radius 1 is 1.32 bits per heavy atom. The standard InChI is InChI=1S/C14H20Cl2N2O3S/c1-10(2)6-7-18(22(3,20)21)9-14(19)17-13-8-11(15)4-5-12(13)16/h4-5,8,10H,6-7,9H2,1-3H3,(H,17,19). The smallest absolute Gasteiger partial charge is 0.239 e. The van der Waals surface area contributed by atoms with Gasteiger partial charge in [-0.1, -0.05) is 37.0 Å². The topological polar surface area (TPSA) is 66.5 Å². The maximum Gasteiger partial charge on any atom is 0.239 e. The Labute approximate surface area is 141 Å². The van der Waals surface area contributed by atoms with Crippen molar-refractivity contribution in [2.75, 3.05) is 24.7 Å². The number of nitrogens with one attached hydrogen (secondary N) is 1. The van der Waals surface area contributed by atoms with Crippen LogP contribution in [0.2, 0.25) is 10.0 Å². The van der Waals surface area contributed by atoms with E-state index in [2.05, 4.69) is 5.32 Å². The second-order valence-electron chi connectivity index (χ2n) is 5.45. The first-order chi connectivity index (χ1) is 10.1. The van der Waals surface area contributed by atoms with Gasteiger partial charge in [-0.15, -0.1) is 0 Å². The minimum Gasteiger partial charge on any atom is -0.324 e. The molecule has 0 unspecified atom stereocenters. The summed E-state index contributed by atoms with van der Waals surface area (Å²) in [6.45, 7) is 4.03. The molecule has 0 spiro atoms. The lowest BCUT2D eigenvalue weighted by molar-refractivity contribution is -0.116. The van der Waals surface area contributed by atoms with Gasteiger partial charge in [-0.3, -0.25) is 4.79 Å². The average molecular weight is 367 g/mol. The minimum absolute atomic E-state index is 0.256. The van der Waals surface area contributed by atoms with Crippen molar-refractivity contribution in [1.29, 1.82) is 0 Å². The summed E-state index contributed by atoms with van der Waals surface area (Å²) >= 11 is 11.8. The summed E-state index contributed by atoms with van der Waals surface area (Å²) in [4.78, 5) is 12.1. The van der Waals surface area contributed by atoms with Crippen molar-refractivity contribution in [3.63, 3.8) is 0 Å². The van der Waals surface area contributed by atoms with Gasteiger partial charge in [0, 0.05) is 11.6 Å². The average Bonchev–Trinajstić information content (AvgIpc) is 2.37. The van der Waals surface area contributed by atoms with Gasteiger partial charge in [0.15, 0.2) is 0 Å². The molecule has 0 aliphatic rings. The van der Waals surface area contributed by atoms with E-state index in [9.17, 15) is 13.2 Å². The molecule has 5 nitrogen and oxygen atoms in total. The number of rotatable bonds is 7. The molecule has 1 aromatic carbocycles. The highest BCUT2D eigenvalue weighted by atomic mass is 35.5. The number of carbonyl (C=O) groups excluding carboxylic acids is 1. The maximum absolute atomic E-state index is 12.1. The van der Waals surface area contributed by atoms with E-state index < -0.39 is 15.9 Å². The summed E-state index contributed by atoms with van der Waals surface area (Å²) in [5.41, 5.74) is 0.358. The predicted octanol–water partition coefficient (Wildman–Crippen LogP) is 3.24. The molecule has 0 aromatic heterocycles. The number of benzene rings is 1. The molecule has 1 N–H and O–H groups in total. The van der Waals surface area contributed by atoms with Crippen molar-refractivity contribution < 1.29 is 13.2 Å². The molecule has 0 aliphatic heterocycles. The van der Waals surface area contributed by atoms with Crippen molar-refractivity contribution >= 4 is 44.8 Å². The Morgan fingerprint density at radius 3 is 2.50 bits per heavy atom. The number of hydrogen-bond donors (Lipinski definition) is 1. The number of hydrogen-bond acceptors (Lipinski definition) is 3. The van der Waals surface area contributed by atoms with Gasteiger partial charge in [0.1, 0.15) is 0 Å². The first-order valence-corrected chi connectivity index (χ1v) is 9.40. The third kappa shape index (κ3) is 6.52. The Morgan fingerprint density at radius 2 is 1.95 bits per heavy atom. The fourth-order valence-corrected chi connectivity index (χ4v) is 2.83. The van der Waals surface area contributed by atoms with Gasteiger partial charge in [0.25, 0.3) is 0 Å². The van der Waals surface area contributed by atoms with E-state index in [1.807, 2.05) is 13.8 Å². The number of halogens is 2. The summed E-state index contributed by atoms with van der Waals surface area (Å²) < 4.78 is 24.7. The van der Waals surface area contributed by atoms with Crippen LogP contribution in [0.4, 0.5) is 5.69 Å². The summed E-state index contributed by atoms with van der Waals surface area (Å²) in [5, 5.41) is 3.35. The van der Waals surface area contributed by atoms with Crippen molar-refractivity contribution in [3.05, 3.63) is 28.2 Å². The van der Waals surface area contributed by atoms with E-state index in [1.54, 1.807) is 12.1 Å². The normalized spacial score (nSPS) is 12.0. The molecular formula is C14H20Cl2N2O3S. The van der Waals surface area contributed by atoms with E-state index in [0.717, 1.165) is 10.6 Å².